The molecule has 17 heavy (non-hydrogen) atoms. The zero-order valence-electron chi connectivity index (χ0n) is 9.57. The van der Waals surface area contributed by atoms with Gasteiger partial charge in [0.15, 0.2) is 5.78 Å². The quantitative estimate of drug-likeness (QED) is 0.574. The predicted molar refractivity (Wildman–Crippen MR) is 66.2 cm³/mol. The molecule has 2 heteroatoms. The van der Waals surface area contributed by atoms with Crippen molar-refractivity contribution in [3.8, 4) is 11.3 Å². The molecule has 2 aliphatic rings. The molecule has 1 aliphatic heterocycles. The Hall–Kier alpha value is -1.83. The van der Waals surface area contributed by atoms with Crippen LogP contribution >= 0.6 is 0 Å². The third kappa shape index (κ3) is 1.13. The molecule has 4 rings (SSSR count). The minimum absolute atomic E-state index is 0.325. The fourth-order valence-electron chi connectivity index (χ4n) is 3.13. The van der Waals surface area contributed by atoms with Gasteiger partial charge in [0.05, 0.1) is 0 Å². The Morgan fingerprint density at radius 2 is 1.94 bits per heavy atom. The number of fused-ring (bicyclic) bond motifs is 5. The number of carbonyl (C=O) groups is 1. The molecule has 0 unspecified atom stereocenters. The number of Topliss-reactive ketones (excluding diaryl/α,β-unsaturated/α-hetero) is 1. The molecule has 0 spiro atoms. The first kappa shape index (κ1) is 9.23. The van der Waals surface area contributed by atoms with Crippen molar-refractivity contribution in [1.29, 1.82) is 0 Å². The van der Waals surface area contributed by atoms with Crippen LogP contribution in [-0.4, -0.2) is 10.4 Å². The number of ketones is 1. The molecular weight excluding hydrogens is 210 g/mol. The van der Waals surface area contributed by atoms with Crippen molar-refractivity contribution in [3.05, 3.63) is 47.2 Å². The third-order valence-electron chi connectivity index (χ3n) is 3.95. The smallest absolute Gasteiger partial charge is 0.164 e. The van der Waals surface area contributed by atoms with Crippen LogP contribution in [0, 0.1) is 0 Å². The average molecular weight is 223 g/mol. The van der Waals surface area contributed by atoms with Crippen LogP contribution in [0.25, 0.3) is 11.3 Å². The number of carbonyl (C=O) groups excluding carboxylic acids is 1. The number of aromatic nitrogens is 1. The lowest BCUT2D eigenvalue weighted by molar-refractivity contribution is 0.0972. The molecule has 0 fully saturated rings. The van der Waals surface area contributed by atoms with Gasteiger partial charge in [-0.05, 0) is 24.5 Å². The van der Waals surface area contributed by atoms with Crippen molar-refractivity contribution in [3.63, 3.8) is 0 Å². The first-order valence-electron chi connectivity index (χ1n) is 6.18. The molecule has 84 valence electrons. The molecule has 0 amide bonds. The number of hydrogen-bond acceptors (Lipinski definition) is 1. The summed E-state index contributed by atoms with van der Waals surface area (Å²) in [6.45, 7) is 0.939. The molecule has 1 aliphatic carbocycles. The van der Waals surface area contributed by atoms with Crippen molar-refractivity contribution < 1.29 is 4.79 Å². The summed E-state index contributed by atoms with van der Waals surface area (Å²) in [6, 6.07) is 10.6. The Morgan fingerprint density at radius 1 is 1.06 bits per heavy atom. The SMILES string of the molecule is O=C1CCCc2c1cc1n2Cc2ccccc2-1. The molecule has 0 atom stereocenters. The van der Waals surface area contributed by atoms with E-state index < -0.39 is 0 Å². The lowest BCUT2D eigenvalue weighted by atomic mass is 9.95. The molecule has 2 nitrogen and oxygen atoms in total. The lowest BCUT2D eigenvalue weighted by Crippen LogP contribution is -2.12. The van der Waals surface area contributed by atoms with Crippen molar-refractivity contribution in [2.45, 2.75) is 25.8 Å². The van der Waals surface area contributed by atoms with Crippen molar-refractivity contribution in [2.75, 3.05) is 0 Å². The Morgan fingerprint density at radius 3 is 2.88 bits per heavy atom. The van der Waals surface area contributed by atoms with Gasteiger partial charge >= 0.3 is 0 Å². The van der Waals surface area contributed by atoms with Gasteiger partial charge in [0.2, 0.25) is 0 Å². The monoisotopic (exact) mass is 223 g/mol. The molecule has 0 bridgehead atoms. The largest absolute Gasteiger partial charge is 0.339 e. The maximum Gasteiger partial charge on any atom is 0.164 e. The summed E-state index contributed by atoms with van der Waals surface area (Å²) in [5, 5.41) is 0. The molecular formula is C15H13NO. The van der Waals surface area contributed by atoms with Crippen molar-refractivity contribution >= 4 is 5.78 Å². The van der Waals surface area contributed by atoms with Crippen LogP contribution in [0.15, 0.2) is 30.3 Å². The van der Waals surface area contributed by atoms with E-state index in [1.165, 1.54) is 22.5 Å². The minimum Gasteiger partial charge on any atom is -0.339 e. The van der Waals surface area contributed by atoms with Crippen LogP contribution in [0.5, 0.6) is 0 Å². The fourth-order valence-corrected chi connectivity index (χ4v) is 3.13. The lowest BCUT2D eigenvalue weighted by Gasteiger charge is -2.13. The predicted octanol–water partition coefficient (Wildman–Crippen LogP) is 3.04. The maximum absolute atomic E-state index is 11.9. The second-order valence-electron chi connectivity index (χ2n) is 4.91. The van der Waals surface area contributed by atoms with E-state index in [1.807, 2.05) is 0 Å². The fraction of sp³-hybridized carbons (Fsp3) is 0.267. The van der Waals surface area contributed by atoms with Crippen LogP contribution in [0.4, 0.5) is 0 Å². The van der Waals surface area contributed by atoms with Crippen LogP contribution in [0.3, 0.4) is 0 Å². The van der Waals surface area contributed by atoms with Gasteiger partial charge < -0.3 is 4.57 Å². The van der Waals surface area contributed by atoms with E-state index in [9.17, 15) is 4.79 Å². The van der Waals surface area contributed by atoms with E-state index in [2.05, 4.69) is 34.9 Å². The first-order chi connectivity index (χ1) is 8.34. The molecule has 0 N–H and O–H groups in total. The van der Waals surface area contributed by atoms with E-state index in [1.54, 1.807) is 0 Å². The number of benzene rings is 1. The van der Waals surface area contributed by atoms with E-state index in [-0.39, 0.29) is 0 Å². The highest BCUT2D eigenvalue weighted by molar-refractivity contribution is 6.00. The van der Waals surface area contributed by atoms with Gasteiger partial charge in [0, 0.05) is 35.5 Å². The van der Waals surface area contributed by atoms with Gasteiger partial charge in [-0.2, -0.15) is 0 Å². The highest BCUT2D eigenvalue weighted by Crippen LogP contribution is 2.37. The Kier molecular flexibility index (Phi) is 1.68. The second-order valence-corrected chi connectivity index (χ2v) is 4.91. The Balaban J connectivity index is 1.98. The molecule has 2 aromatic rings. The normalized spacial score (nSPS) is 16.6. The van der Waals surface area contributed by atoms with Crippen LogP contribution in [0.1, 0.15) is 34.5 Å². The maximum atomic E-state index is 11.9. The molecule has 0 saturated carbocycles. The van der Waals surface area contributed by atoms with Crippen molar-refractivity contribution in [1.82, 2.24) is 4.57 Å². The number of nitrogens with zero attached hydrogens (tertiary/aromatic N) is 1. The summed E-state index contributed by atoms with van der Waals surface area (Å²) in [5.41, 5.74) is 6.15. The first-order valence-corrected chi connectivity index (χ1v) is 6.18. The van der Waals surface area contributed by atoms with Gasteiger partial charge in [-0.1, -0.05) is 24.3 Å². The van der Waals surface area contributed by atoms with Gasteiger partial charge in [0.25, 0.3) is 0 Å². The zero-order valence-corrected chi connectivity index (χ0v) is 9.57. The summed E-state index contributed by atoms with van der Waals surface area (Å²) in [4.78, 5) is 11.9. The summed E-state index contributed by atoms with van der Waals surface area (Å²) >= 11 is 0. The molecule has 2 heterocycles. The Labute approximate surface area is 99.9 Å². The van der Waals surface area contributed by atoms with Gasteiger partial charge in [-0.25, -0.2) is 0 Å². The minimum atomic E-state index is 0.325. The van der Waals surface area contributed by atoms with E-state index in [0.717, 1.165) is 31.4 Å². The van der Waals surface area contributed by atoms with Gasteiger partial charge in [0.1, 0.15) is 0 Å². The zero-order chi connectivity index (χ0) is 11.4. The molecule has 0 radical (unpaired) electrons. The van der Waals surface area contributed by atoms with Crippen LogP contribution in [0.2, 0.25) is 0 Å². The summed E-state index contributed by atoms with van der Waals surface area (Å²) < 4.78 is 2.33. The molecule has 0 saturated heterocycles. The van der Waals surface area contributed by atoms with Gasteiger partial charge in [-0.3, -0.25) is 4.79 Å². The molecule has 1 aromatic heterocycles. The van der Waals surface area contributed by atoms with Crippen molar-refractivity contribution in [2.24, 2.45) is 0 Å². The number of hydrogen-bond donors (Lipinski definition) is 0. The summed E-state index contributed by atoms with van der Waals surface area (Å²) in [6.07, 6.45) is 2.78. The van der Waals surface area contributed by atoms with E-state index in [4.69, 9.17) is 0 Å². The summed E-state index contributed by atoms with van der Waals surface area (Å²) in [7, 11) is 0. The van der Waals surface area contributed by atoms with E-state index >= 15 is 0 Å². The molecule has 1 aromatic carbocycles. The second kappa shape index (κ2) is 3.10. The highest BCUT2D eigenvalue weighted by Gasteiger charge is 2.28. The Bertz CT molecular complexity index is 636. The topological polar surface area (TPSA) is 22.0 Å². The van der Waals surface area contributed by atoms with E-state index in [0.29, 0.717) is 5.78 Å². The average Bonchev–Trinajstić information content (AvgIpc) is 2.87. The third-order valence-corrected chi connectivity index (χ3v) is 3.95. The number of rotatable bonds is 0. The van der Waals surface area contributed by atoms with Crippen LogP contribution < -0.4 is 0 Å². The van der Waals surface area contributed by atoms with Gasteiger partial charge in [-0.15, -0.1) is 0 Å². The standard InChI is InChI=1S/C15H13NO/c17-15-7-3-6-13-12(15)8-14-11-5-2-1-4-10(11)9-16(13)14/h1-2,4-5,8H,3,6-7,9H2. The van der Waals surface area contributed by atoms with Crippen LogP contribution in [-0.2, 0) is 13.0 Å². The summed E-state index contributed by atoms with van der Waals surface area (Å²) in [5.74, 6) is 0.325. The highest BCUT2D eigenvalue weighted by atomic mass is 16.1.